The molecule has 0 aromatic carbocycles. The molecule has 0 bridgehead atoms. The Labute approximate surface area is 95.0 Å². The number of hydrogen-bond donors (Lipinski definition) is 0. The molecule has 0 radical (unpaired) electrons. The second kappa shape index (κ2) is 4.92. The average molecular weight is 229 g/mol. The van der Waals surface area contributed by atoms with Crippen LogP contribution in [-0.2, 0) is 13.5 Å². The molecule has 4 nitrogen and oxygen atoms in total. The number of aromatic nitrogens is 4. The second-order valence-electron chi connectivity index (χ2n) is 4.31. The van der Waals surface area contributed by atoms with E-state index in [4.69, 9.17) is 11.6 Å². The second-order valence-corrected chi connectivity index (χ2v) is 4.87. The zero-order valence-electron chi connectivity index (χ0n) is 9.06. The average Bonchev–Trinajstić information content (AvgIpc) is 2.50. The van der Waals surface area contributed by atoms with Crippen molar-refractivity contribution in [2.24, 2.45) is 13.0 Å². The Hall–Kier alpha value is -0.640. The highest BCUT2D eigenvalue weighted by Crippen LogP contribution is 2.29. The van der Waals surface area contributed by atoms with Crippen LogP contribution < -0.4 is 0 Å². The fraction of sp³-hybridized carbons (Fsp3) is 0.900. The Balaban J connectivity index is 1.97. The lowest BCUT2D eigenvalue weighted by atomic mass is 9.96. The highest BCUT2D eigenvalue weighted by atomic mass is 35.5. The van der Waals surface area contributed by atoms with Crippen molar-refractivity contribution in [2.45, 2.75) is 43.9 Å². The van der Waals surface area contributed by atoms with Gasteiger partial charge in [-0.05, 0) is 24.0 Å². The van der Waals surface area contributed by atoms with E-state index in [2.05, 4.69) is 15.4 Å². The number of hydrogen-bond acceptors (Lipinski definition) is 3. The maximum absolute atomic E-state index is 6.36. The molecule has 2 atom stereocenters. The standard InChI is InChI=1S/C10H17ClN4/c1-15-13-10(12-14-15)7-8-5-3-2-4-6-9(8)11/h8-9H,2-7H2,1H3. The largest absolute Gasteiger partial charge is 0.175 e. The van der Waals surface area contributed by atoms with Crippen molar-refractivity contribution in [2.75, 3.05) is 0 Å². The van der Waals surface area contributed by atoms with E-state index in [9.17, 15) is 0 Å². The Bertz CT molecular complexity index is 312. The van der Waals surface area contributed by atoms with Gasteiger partial charge in [0.2, 0.25) is 0 Å². The summed E-state index contributed by atoms with van der Waals surface area (Å²) in [5.74, 6) is 1.36. The molecule has 0 aliphatic heterocycles. The minimum Gasteiger partial charge on any atom is -0.167 e. The van der Waals surface area contributed by atoms with Crippen LogP contribution in [0.1, 0.15) is 37.9 Å². The van der Waals surface area contributed by atoms with Gasteiger partial charge in [-0.1, -0.05) is 19.3 Å². The summed E-state index contributed by atoms with van der Waals surface area (Å²) < 4.78 is 0. The molecule has 1 aromatic heterocycles. The van der Waals surface area contributed by atoms with Gasteiger partial charge in [-0.25, -0.2) is 0 Å². The van der Waals surface area contributed by atoms with Crippen LogP contribution in [0.25, 0.3) is 0 Å². The Morgan fingerprint density at radius 2 is 2.13 bits per heavy atom. The molecule has 1 fully saturated rings. The van der Waals surface area contributed by atoms with E-state index in [-0.39, 0.29) is 5.38 Å². The molecule has 2 unspecified atom stereocenters. The summed E-state index contributed by atoms with van der Waals surface area (Å²) in [6.45, 7) is 0. The third kappa shape index (κ3) is 2.91. The topological polar surface area (TPSA) is 43.6 Å². The molecule has 15 heavy (non-hydrogen) atoms. The van der Waals surface area contributed by atoms with Crippen LogP contribution in [0.2, 0.25) is 0 Å². The Morgan fingerprint density at radius 3 is 2.87 bits per heavy atom. The minimum atomic E-state index is 0.288. The first-order valence-electron chi connectivity index (χ1n) is 5.62. The SMILES string of the molecule is Cn1nnc(CC2CCCCCC2Cl)n1. The highest BCUT2D eigenvalue weighted by Gasteiger charge is 2.23. The zero-order chi connectivity index (χ0) is 10.7. The van der Waals surface area contributed by atoms with Crippen molar-refractivity contribution in [1.29, 1.82) is 0 Å². The van der Waals surface area contributed by atoms with E-state index in [1.165, 1.54) is 30.5 Å². The van der Waals surface area contributed by atoms with Crippen LogP contribution in [0.4, 0.5) is 0 Å². The van der Waals surface area contributed by atoms with Gasteiger partial charge < -0.3 is 0 Å². The minimum absolute atomic E-state index is 0.288. The van der Waals surface area contributed by atoms with Gasteiger partial charge in [0.1, 0.15) is 0 Å². The number of rotatable bonds is 2. The van der Waals surface area contributed by atoms with Gasteiger partial charge in [0.15, 0.2) is 5.82 Å². The highest BCUT2D eigenvalue weighted by molar-refractivity contribution is 6.20. The maximum atomic E-state index is 6.36. The third-order valence-corrected chi connectivity index (χ3v) is 3.64. The van der Waals surface area contributed by atoms with Crippen molar-refractivity contribution in [1.82, 2.24) is 20.2 Å². The maximum Gasteiger partial charge on any atom is 0.175 e. The molecule has 1 aliphatic carbocycles. The Kier molecular flexibility index (Phi) is 3.57. The van der Waals surface area contributed by atoms with Crippen LogP contribution in [0.5, 0.6) is 0 Å². The molecule has 1 heterocycles. The lowest BCUT2D eigenvalue weighted by Crippen LogP contribution is -2.16. The number of alkyl halides is 1. The predicted molar refractivity (Wildman–Crippen MR) is 58.7 cm³/mol. The zero-order valence-corrected chi connectivity index (χ0v) is 9.82. The molecule has 1 saturated carbocycles. The lowest BCUT2D eigenvalue weighted by Gasteiger charge is -2.17. The van der Waals surface area contributed by atoms with Crippen LogP contribution in [-0.4, -0.2) is 25.6 Å². The van der Waals surface area contributed by atoms with Crippen LogP contribution in [0, 0.1) is 5.92 Å². The third-order valence-electron chi connectivity index (χ3n) is 3.06. The van der Waals surface area contributed by atoms with Crippen molar-refractivity contribution in [3.05, 3.63) is 5.82 Å². The van der Waals surface area contributed by atoms with E-state index in [0.29, 0.717) is 5.92 Å². The summed E-state index contributed by atoms with van der Waals surface area (Å²) >= 11 is 6.36. The summed E-state index contributed by atoms with van der Waals surface area (Å²) in [7, 11) is 1.79. The molecular formula is C10H17ClN4. The van der Waals surface area contributed by atoms with Crippen LogP contribution >= 0.6 is 11.6 Å². The van der Waals surface area contributed by atoms with Crippen molar-refractivity contribution < 1.29 is 0 Å². The van der Waals surface area contributed by atoms with E-state index < -0.39 is 0 Å². The molecule has 2 rings (SSSR count). The molecule has 0 saturated heterocycles. The molecule has 0 N–H and O–H groups in total. The molecule has 1 aliphatic rings. The van der Waals surface area contributed by atoms with E-state index in [1.54, 1.807) is 7.05 Å². The molecule has 5 heteroatoms. The fourth-order valence-corrected chi connectivity index (χ4v) is 2.58. The fourth-order valence-electron chi connectivity index (χ4n) is 2.21. The number of tetrazole rings is 1. The van der Waals surface area contributed by atoms with Gasteiger partial charge in [-0.3, -0.25) is 0 Å². The van der Waals surface area contributed by atoms with E-state index >= 15 is 0 Å². The Morgan fingerprint density at radius 1 is 1.33 bits per heavy atom. The van der Waals surface area contributed by atoms with Crippen molar-refractivity contribution >= 4 is 11.6 Å². The first-order valence-corrected chi connectivity index (χ1v) is 6.06. The van der Waals surface area contributed by atoms with Gasteiger partial charge in [-0.15, -0.1) is 21.8 Å². The van der Waals surface area contributed by atoms with Crippen molar-refractivity contribution in [3.63, 3.8) is 0 Å². The number of nitrogens with zero attached hydrogens (tertiary/aromatic N) is 4. The van der Waals surface area contributed by atoms with E-state index in [1.807, 2.05) is 0 Å². The molecule has 1 aromatic rings. The van der Waals surface area contributed by atoms with Gasteiger partial charge >= 0.3 is 0 Å². The summed E-state index contributed by atoms with van der Waals surface area (Å²) in [4.78, 5) is 1.51. The summed E-state index contributed by atoms with van der Waals surface area (Å²) in [6.07, 6.45) is 7.07. The lowest BCUT2D eigenvalue weighted by molar-refractivity contribution is 0.454. The molecule has 0 spiro atoms. The van der Waals surface area contributed by atoms with Crippen molar-refractivity contribution in [3.8, 4) is 0 Å². The van der Waals surface area contributed by atoms with Crippen LogP contribution in [0.3, 0.4) is 0 Å². The number of aryl methyl sites for hydroxylation is 1. The molecule has 84 valence electrons. The quantitative estimate of drug-likeness (QED) is 0.574. The summed E-state index contributed by atoms with van der Waals surface area (Å²) in [6, 6.07) is 0. The molecular weight excluding hydrogens is 212 g/mol. The normalized spacial score (nSPS) is 27.6. The first-order chi connectivity index (χ1) is 7.25. The predicted octanol–water partition coefficient (Wildman–Crippen LogP) is 1.94. The van der Waals surface area contributed by atoms with Gasteiger partial charge in [0.05, 0.1) is 7.05 Å². The number of halogens is 1. The van der Waals surface area contributed by atoms with E-state index in [0.717, 1.165) is 18.7 Å². The van der Waals surface area contributed by atoms with Gasteiger partial charge in [0, 0.05) is 11.8 Å². The molecule has 0 amide bonds. The smallest absolute Gasteiger partial charge is 0.167 e. The summed E-state index contributed by atoms with van der Waals surface area (Å²) in [5, 5.41) is 12.4. The first kappa shape index (κ1) is 10.9. The van der Waals surface area contributed by atoms with Gasteiger partial charge in [0.25, 0.3) is 0 Å². The monoisotopic (exact) mass is 228 g/mol. The van der Waals surface area contributed by atoms with Gasteiger partial charge in [-0.2, -0.15) is 4.80 Å². The summed E-state index contributed by atoms with van der Waals surface area (Å²) in [5.41, 5.74) is 0. The van der Waals surface area contributed by atoms with Crippen LogP contribution in [0.15, 0.2) is 0 Å².